The molecule has 0 spiro atoms. The molecule has 0 fully saturated rings. The van der Waals surface area contributed by atoms with E-state index >= 15 is 0 Å². The van der Waals surface area contributed by atoms with Crippen LogP contribution < -0.4 is 16.0 Å². The number of nitrogens with one attached hydrogen (secondary N) is 3. The van der Waals surface area contributed by atoms with Gasteiger partial charge in [-0.05, 0) is 12.1 Å². The minimum absolute atomic E-state index is 0.851. The third-order valence-electron chi connectivity index (χ3n) is 1.66. The highest BCUT2D eigenvalue weighted by Crippen LogP contribution is 2.19. The smallest absolute Gasteiger partial charge is 0.151 e. The van der Waals surface area contributed by atoms with Crippen molar-refractivity contribution >= 4 is 17.3 Å². The minimum Gasteiger partial charge on any atom is -0.385 e. The standard InChI is InChI=1S/C8H14N4/c1-9-6-4-5-7(10-2)12-8(6)11-3/h4-5,9H,1-3H3,(H2,10,11,12). The highest BCUT2D eigenvalue weighted by molar-refractivity contribution is 5.66. The summed E-state index contributed by atoms with van der Waals surface area (Å²) in [7, 11) is 5.57. The summed E-state index contributed by atoms with van der Waals surface area (Å²) in [6, 6.07) is 3.90. The van der Waals surface area contributed by atoms with Crippen LogP contribution in [-0.2, 0) is 0 Å². The van der Waals surface area contributed by atoms with E-state index in [9.17, 15) is 0 Å². The fourth-order valence-corrected chi connectivity index (χ4v) is 0.991. The van der Waals surface area contributed by atoms with Crippen LogP contribution in [-0.4, -0.2) is 26.1 Å². The van der Waals surface area contributed by atoms with Crippen LogP contribution in [0.5, 0.6) is 0 Å². The van der Waals surface area contributed by atoms with Gasteiger partial charge in [-0.1, -0.05) is 0 Å². The molecule has 66 valence electrons. The molecule has 0 aromatic carbocycles. The number of nitrogens with zero attached hydrogens (tertiary/aromatic N) is 1. The Labute approximate surface area is 72.4 Å². The van der Waals surface area contributed by atoms with Gasteiger partial charge < -0.3 is 16.0 Å². The van der Waals surface area contributed by atoms with Gasteiger partial charge in [0.25, 0.3) is 0 Å². The van der Waals surface area contributed by atoms with Crippen molar-refractivity contribution < 1.29 is 0 Å². The molecule has 0 unspecified atom stereocenters. The lowest BCUT2D eigenvalue weighted by Gasteiger charge is -2.08. The summed E-state index contributed by atoms with van der Waals surface area (Å²) >= 11 is 0. The van der Waals surface area contributed by atoms with E-state index in [0.29, 0.717) is 0 Å². The number of hydrogen-bond donors (Lipinski definition) is 3. The number of hydrogen-bond acceptors (Lipinski definition) is 4. The van der Waals surface area contributed by atoms with Crippen LogP contribution in [0.15, 0.2) is 12.1 Å². The first kappa shape index (κ1) is 8.64. The number of aromatic nitrogens is 1. The second-order valence-corrected chi connectivity index (χ2v) is 2.34. The molecule has 0 radical (unpaired) electrons. The maximum absolute atomic E-state index is 4.30. The topological polar surface area (TPSA) is 49.0 Å². The van der Waals surface area contributed by atoms with E-state index in [2.05, 4.69) is 20.9 Å². The third kappa shape index (κ3) is 1.58. The first-order valence-electron chi connectivity index (χ1n) is 3.86. The van der Waals surface area contributed by atoms with Crippen LogP contribution in [0.3, 0.4) is 0 Å². The molecule has 0 bridgehead atoms. The fourth-order valence-electron chi connectivity index (χ4n) is 0.991. The Morgan fingerprint density at radius 3 is 2.25 bits per heavy atom. The fraction of sp³-hybridized carbons (Fsp3) is 0.375. The molecule has 1 aromatic heterocycles. The molecular formula is C8H14N4. The Hall–Kier alpha value is -1.45. The van der Waals surface area contributed by atoms with E-state index in [1.165, 1.54) is 0 Å². The Morgan fingerprint density at radius 1 is 1.00 bits per heavy atom. The van der Waals surface area contributed by atoms with Crippen molar-refractivity contribution in [3.63, 3.8) is 0 Å². The van der Waals surface area contributed by atoms with E-state index < -0.39 is 0 Å². The molecule has 1 aromatic rings. The van der Waals surface area contributed by atoms with Crippen LogP contribution in [0.1, 0.15) is 0 Å². The molecule has 0 atom stereocenters. The highest BCUT2D eigenvalue weighted by Gasteiger charge is 2.00. The summed E-state index contributed by atoms with van der Waals surface area (Å²) in [5, 5.41) is 9.03. The summed E-state index contributed by atoms with van der Waals surface area (Å²) in [5.74, 6) is 1.71. The Morgan fingerprint density at radius 2 is 1.75 bits per heavy atom. The van der Waals surface area contributed by atoms with E-state index in [1.807, 2.05) is 33.3 Å². The van der Waals surface area contributed by atoms with Gasteiger partial charge in [0.05, 0.1) is 5.69 Å². The van der Waals surface area contributed by atoms with Crippen molar-refractivity contribution in [2.24, 2.45) is 0 Å². The molecular weight excluding hydrogens is 152 g/mol. The Bertz CT molecular complexity index is 259. The van der Waals surface area contributed by atoms with Gasteiger partial charge in [0.2, 0.25) is 0 Å². The zero-order valence-electron chi connectivity index (χ0n) is 7.60. The lowest BCUT2D eigenvalue weighted by Crippen LogP contribution is -2.01. The van der Waals surface area contributed by atoms with Gasteiger partial charge in [-0.15, -0.1) is 0 Å². The summed E-state index contributed by atoms with van der Waals surface area (Å²) in [4.78, 5) is 4.30. The van der Waals surface area contributed by atoms with Gasteiger partial charge in [0, 0.05) is 21.1 Å². The molecule has 0 saturated carbocycles. The maximum atomic E-state index is 4.30. The number of anilines is 3. The molecule has 0 saturated heterocycles. The molecule has 4 heteroatoms. The largest absolute Gasteiger partial charge is 0.385 e. The van der Waals surface area contributed by atoms with E-state index in [-0.39, 0.29) is 0 Å². The number of pyridine rings is 1. The molecule has 0 aliphatic carbocycles. The molecule has 4 nitrogen and oxygen atoms in total. The summed E-state index contributed by atoms with van der Waals surface area (Å²) in [5.41, 5.74) is 0.997. The van der Waals surface area contributed by atoms with Crippen LogP contribution in [0.4, 0.5) is 17.3 Å². The second kappa shape index (κ2) is 3.80. The Balaban J connectivity index is 3.02. The molecule has 12 heavy (non-hydrogen) atoms. The second-order valence-electron chi connectivity index (χ2n) is 2.34. The van der Waals surface area contributed by atoms with E-state index in [1.54, 1.807) is 0 Å². The first-order chi connectivity index (χ1) is 5.81. The van der Waals surface area contributed by atoms with E-state index in [0.717, 1.165) is 17.3 Å². The molecule has 1 heterocycles. The van der Waals surface area contributed by atoms with Crippen LogP contribution in [0.25, 0.3) is 0 Å². The van der Waals surface area contributed by atoms with Gasteiger partial charge in [-0.2, -0.15) is 0 Å². The first-order valence-corrected chi connectivity index (χ1v) is 3.86. The monoisotopic (exact) mass is 166 g/mol. The van der Waals surface area contributed by atoms with Crippen molar-refractivity contribution in [3.05, 3.63) is 12.1 Å². The van der Waals surface area contributed by atoms with Crippen molar-refractivity contribution in [1.82, 2.24) is 4.98 Å². The van der Waals surface area contributed by atoms with Gasteiger partial charge in [-0.3, -0.25) is 0 Å². The van der Waals surface area contributed by atoms with Crippen LogP contribution >= 0.6 is 0 Å². The van der Waals surface area contributed by atoms with Crippen LogP contribution in [0.2, 0.25) is 0 Å². The van der Waals surface area contributed by atoms with Crippen LogP contribution in [0, 0.1) is 0 Å². The molecule has 0 aliphatic heterocycles. The third-order valence-corrected chi connectivity index (χ3v) is 1.66. The molecule has 0 aliphatic rings. The lowest BCUT2D eigenvalue weighted by molar-refractivity contribution is 1.25. The van der Waals surface area contributed by atoms with Crippen molar-refractivity contribution in [3.8, 4) is 0 Å². The quantitative estimate of drug-likeness (QED) is 0.631. The lowest BCUT2D eigenvalue weighted by atomic mass is 10.3. The number of rotatable bonds is 3. The predicted octanol–water partition coefficient (Wildman–Crippen LogP) is 1.21. The maximum Gasteiger partial charge on any atom is 0.151 e. The van der Waals surface area contributed by atoms with Gasteiger partial charge in [0.15, 0.2) is 5.82 Å². The van der Waals surface area contributed by atoms with E-state index in [4.69, 9.17) is 0 Å². The normalized spacial score (nSPS) is 9.25. The van der Waals surface area contributed by atoms with Crippen molar-refractivity contribution in [2.45, 2.75) is 0 Å². The van der Waals surface area contributed by atoms with Gasteiger partial charge in [0.1, 0.15) is 5.82 Å². The van der Waals surface area contributed by atoms with Crippen molar-refractivity contribution in [2.75, 3.05) is 37.1 Å². The van der Waals surface area contributed by atoms with Gasteiger partial charge in [-0.25, -0.2) is 4.98 Å². The predicted molar refractivity (Wildman–Crippen MR) is 52.9 cm³/mol. The zero-order chi connectivity index (χ0) is 8.97. The van der Waals surface area contributed by atoms with Crippen molar-refractivity contribution in [1.29, 1.82) is 0 Å². The summed E-state index contributed by atoms with van der Waals surface area (Å²) in [6.07, 6.45) is 0. The average molecular weight is 166 g/mol. The SMILES string of the molecule is CNc1ccc(NC)c(NC)n1. The molecule has 3 N–H and O–H groups in total. The van der Waals surface area contributed by atoms with Gasteiger partial charge >= 0.3 is 0 Å². The Kier molecular flexibility index (Phi) is 2.74. The zero-order valence-corrected chi connectivity index (χ0v) is 7.60. The summed E-state index contributed by atoms with van der Waals surface area (Å²) < 4.78 is 0. The summed E-state index contributed by atoms with van der Waals surface area (Å²) in [6.45, 7) is 0. The molecule has 0 amide bonds. The highest BCUT2D eigenvalue weighted by atomic mass is 15.1. The molecule has 1 rings (SSSR count). The average Bonchev–Trinajstić information content (AvgIpc) is 2.16. The minimum atomic E-state index is 0.851.